The summed E-state index contributed by atoms with van der Waals surface area (Å²) < 4.78 is 0. The van der Waals surface area contributed by atoms with Gasteiger partial charge in [0.1, 0.15) is 0 Å². The van der Waals surface area contributed by atoms with E-state index in [4.69, 9.17) is 0 Å². The summed E-state index contributed by atoms with van der Waals surface area (Å²) >= 11 is 3.66. The Morgan fingerprint density at radius 2 is 2.10 bits per heavy atom. The molecule has 0 fully saturated rings. The van der Waals surface area contributed by atoms with Crippen LogP contribution in [0.1, 0.15) is 12.8 Å². The third-order valence-corrected chi connectivity index (χ3v) is 3.44. The molecule has 0 radical (unpaired) electrons. The van der Waals surface area contributed by atoms with Crippen molar-refractivity contribution >= 4 is 15.9 Å². The second-order valence-electron chi connectivity index (χ2n) is 3.15. The van der Waals surface area contributed by atoms with Crippen LogP contribution in [0.2, 0.25) is 0 Å². The van der Waals surface area contributed by atoms with Crippen LogP contribution in [0, 0.1) is 11.8 Å². The van der Waals surface area contributed by atoms with Crippen molar-refractivity contribution in [2.75, 3.05) is 0 Å². The SMILES string of the molecule is Br[C@@H]1C=C[C@H]2C=CC[C@@H]1C2. The van der Waals surface area contributed by atoms with Crippen LogP contribution in [0.4, 0.5) is 0 Å². The largest absolute Gasteiger partial charge is 0.0876 e. The maximum Gasteiger partial charge on any atom is 0.0357 e. The molecular weight excluding hydrogens is 188 g/mol. The molecule has 1 heteroatoms. The summed E-state index contributed by atoms with van der Waals surface area (Å²) in [6, 6.07) is 0. The van der Waals surface area contributed by atoms with Crippen LogP contribution in [0.5, 0.6) is 0 Å². The first-order chi connectivity index (χ1) is 4.86. The van der Waals surface area contributed by atoms with Gasteiger partial charge in [-0.05, 0) is 24.7 Å². The highest BCUT2D eigenvalue weighted by Gasteiger charge is 2.24. The predicted molar refractivity (Wildman–Crippen MR) is 47.2 cm³/mol. The van der Waals surface area contributed by atoms with Crippen LogP contribution in [-0.4, -0.2) is 4.83 Å². The van der Waals surface area contributed by atoms with Gasteiger partial charge in [-0.2, -0.15) is 0 Å². The lowest BCUT2D eigenvalue weighted by Crippen LogP contribution is -2.21. The second-order valence-corrected chi connectivity index (χ2v) is 4.21. The van der Waals surface area contributed by atoms with Crippen molar-refractivity contribution in [3.05, 3.63) is 24.3 Å². The summed E-state index contributed by atoms with van der Waals surface area (Å²) in [5, 5.41) is 0. The molecule has 0 unspecified atom stereocenters. The molecule has 0 aliphatic heterocycles. The van der Waals surface area contributed by atoms with E-state index in [1.54, 1.807) is 0 Å². The van der Waals surface area contributed by atoms with Gasteiger partial charge in [-0.3, -0.25) is 0 Å². The van der Waals surface area contributed by atoms with Crippen molar-refractivity contribution in [1.82, 2.24) is 0 Å². The van der Waals surface area contributed by atoms with E-state index in [1.165, 1.54) is 12.8 Å². The molecule has 2 bridgehead atoms. The molecule has 3 atom stereocenters. The molecule has 2 rings (SSSR count). The van der Waals surface area contributed by atoms with Crippen LogP contribution < -0.4 is 0 Å². The Hall–Kier alpha value is -0.0400. The zero-order valence-corrected chi connectivity index (χ0v) is 7.42. The fourth-order valence-corrected chi connectivity index (χ4v) is 2.37. The minimum atomic E-state index is 0.633. The van der Waals surface area contributed by atoms with Gasteiger partial charge in [0.15, 0.2) is 0 Å². The molecule has 0 spiro atoms. The van der Waals surface area contributed by atoms with Crippen LogP contribution in [-0.2, 0) is 0 Å². The molecule has 0 saturated heterocycles. The van der Waals surface area contributed by atoms with Gasteiger partial charge in [0.2, 0.25) is 0 Å². The Morgan fingerprint density at radius 3 is 2.90 bits per heavy atom. The van der Waals surface area contributed by atoms with Gasteiger partial charge in [-0.15, -0.1) is 0 Å². The summed E-state index contributed by atoms with van der Waals surface area (Å²) in [6.07, 6.45) is 11.9. The Bertz CT molecular complexity index is 181. The molecule has 0 aromatic heterocycles. The van der Waals surface area contributed by atoms with Gasteiger partial charge in [-0.25, -0.2) is 0 Å². The fraction of sp³-hybridized carbons (Fsp3) is 0.556. The van der Waals surface area contributed by atoms with Gasteiger partial charge in [0.05, 0.1) is 0 Å². The number of rotatable bonds is 0. The average molecular weight is 199 g/mol. The number of hydrogen-bond acceptors (Lipinski definition) is 0. The lowest BCUT2D eigenvalue weighted by molar-refractivity contribution is 0.433. The van der Waals surface area contributed by atoms with E-state index in [2.05, 4.69) is 40.2 Å². The Balaban J connectivity index is 2.22. The molecule has 10 heavy (non-hydrogen) atoms. The average Bonchev–Trinajstić information content (AvgIpc) is 1.99. The summed E-state index contributed by atoms with van der Waals surface area (Å²) in [5.74, 6) is 1.60. The highest BCUT2D eigenvalue weighted by atomic mass is 79.9. The molecule has 2 aliphatic carbocycles. The Labute approximate surface area is 70.1 Å². The van der Waals surface area contributed by atoms with Gasteiger partial charge in [0.25, 0.3) is 0 Å². The number of halogens is 1. The van der Waals surface area contributed by atoms with E-state index in [1.807, 2.05) is 0 Å². The first-order valence-corrected chi connectivity index (χ1v) is 4.77. The molecule has 0 aromatic rings. The first kappa shape index (κ1) is 6.66. The highest BCUT2D eigenvalue weighted by Crippen LogP contribution is 2.34. The monoisotopic (exact) mass is 198 g/mol. The molecule has 54 valence electrons. The predicted octanol–water partition coefficient (Wildman–Crippen LogP) is 2.90. The minimum absolute atomic E-state index is 0.633. The third-order valence-electron chi connectivity index (χ3n) is 2.39. The molecule has 0 aromatic carbocycles. The standard InChI is InChI=1S/C9H11Br/c10-9-5-4-7-2-1-3-8(9)6-7/h1-2,4-5,7-9H,3,6H2/t7-,8-,9-/m1/s1. The van der Waals surface area contributed by atoms with Crippen LogP contribution in [0.15, 0.2) is 24.3 Å². The smallest absolute Gasteiger partial charge is 0.0357 e. The fourth-order valence-electron chi connectivity index (χ4n) is 1.76. The van der Waals surface area contributed by atoms with Crippen molar-refractivity contribution in [2.24, 2.45) is 11.8 Å². The Kier molecular flexibility index (Phi) is 1.69. The second kappa shape index (κ2) is 2.54. The summed E-state index contributed by atoms with van der Waals surface area (Å²) in [4.78, 5) is 0.633. The Morgan fingerprint density at radius 1 is 1.20 bits per heavy atom. The van der Waals surface area contributed by atoms with E-state index in [0.29, 0.717) is 4.83 Å². The quantitative estimate of drug-likeness (QED) is 0.415. The molecule has 0 amide bonds. The van der Waals surface area contributed by atoms with Crippen LogP contribution >= 0.6 is 15.9 Å². The van der Waals surface area contributed by atoms with E-state index in [9.17, 15) is 0 Å². The number of hydrogen-bond donors (Lipinski definition) is 0. The molecule has 0 saturated carbocycles. The number of fused-ring (bicyclic) bond motifs is 2. The molecule has 0 N–H and O–H groups in total. The van der Waals surface area contributed by atoms with Gasteiger partial charge in [0, 0.05) is 4.83 Å². The summed E-state index contributed by atoms with van der Waals surface area (Å²) in [7, 11) is 0. The summed E-state index contributed by atoms with van der Waals surface area (Å²) in [6.45, 7) is 0. The first-order valence-electron chi connectivity index (χ1n) is 3.85. The highest BCUT2D eigenvalue weighted by molar-refractivity contribution is 9.09. The minimum Gasteiger partial charge on any atom is -0.0876 e. The lowest BCUT2D eigenvalue weighted by atomic mass is 9.80. The maximum absolute atomic E-state index is 3.66. The lowest BCUT2D eigenvalue weighted by Gasteiger charge is -2.29. The van der Waals surface area contributed by atoms with E-state index < -0.39 is 0 Å². The van der Waals surface area contributed by atoms with Crippen molar-refractivity contribution in [3.63, 3.8) is 0 Å². The normalized spacial score (nSPS) is 43.9. The maximum atomic E-state index is 3.66. The summed E-state index contributed by atoms with van der Waals surface area (Å²) in [5.41, 5.74) is 0. The van der Waals surface area contributed by atoms with Crippen molar-refractivity contribution in [2.45, 2.75) is 17.7 Å². The zero-order chi connectivity index (χ0) is 6.97. The van der Waals surface area contributed by atoms with E-state index in [0.717, 1.165) is 11.8 Å². The number of alkyl halides is 1. The molecular formula is C9H11Br. The zero-order valence-electron chi connectivity index (χ0n) is 5.83. The third kappa shape index (κ3) is 1.07. The molecule has 0 nitrogen and oxygen atoms in total. The molecule has 2 aliphatic rings. The van der Waals surface area contributed by atoms with Crippen LogP contribution in [0.3, 0.4) is 0 Å². The number of allylic oxidation sites excluding steroid dienone is 4. The van der Waals surface area contributed by atoms with Crippen LogP contribution in [0.25, 0.3) is 0 Å². The van der Waals surface area contributed by atoms with E-state index >= 15 is 0 Å². The van der Waals surface area contributed by atoms with Gasteiger partial charge in [-0.1, -0.05) is 40.2 Å². The van der Waals surface area contributed by atoms with Crippen molar-refractivity contribution in [3.8, 4) is 0 Å². The van der Waals surface area contributed by atoms with Gasteiger partial charge < -0.3 is 0 Å². The van der Waals surface area contributed by atoms with Crippen molar-refractivity contribution in [1.29, 1.82) is 0 Å². The van der Waals surface area contributed by atoms with E-state index in [-0.39, 0.29) is 0 Å². The van der Waals surface area contributed by atoms with Crippen molar-refractivity contribution < 1.29 is 0 Å². The van der Waals surface area contributed by atoms with Gasteiger partial charge >= 0.3 is 0 Å². The topological polar surface area (TPSA) is 0 Å². The molecule has 0 heterocycles.